The Morgan fingerprint density at radius 1 is 0.491 bits per heavy atom. The van der Waals surface area contributed by atoms with Crippen LogP contribution in [0.15, 0.2) is 22.8 Å². The van der Waals surface area contributed by atoms with Crippen molar-refractivity contribution in [1.29, 1.82) is 0 Å². The van der Waals surface area contributed by atoms with E-state index in [4.69, 9.17) is 14.2 Å². The molecule has 4 atom stereocenters. The topological polar surface area (TPSA) is 96.0 Å². The van der Waals surface area contributed by atoms with Crippen molar-refractivity contribution in [2.24, 2.45) is 23.7 Å². The van der Waals surface area contributed by atoms with Gasteiger partial charge >= 0.3 is 17.9 Å². The van der Waals surface area contributed by atoms with Gasteiger partial charge in [-0.25, -0.2) is 4.79 Å². The molecule has 0 unspecified atom stereocenters. The van der Waals surface area contributed by atoms with Gasteiger partial charge in [0, 0.05) is 11.8 Å². The summed E-state index contributed by atoms with van der Waals surface area (Å²) in [7, 11) is 2.68. The van der Waals surface area contributed by atoms with Gasteiger partial charge in [-0.3, -0.25) is 14.4 Å². The summed E-state index contributed by atoms with van der Waals surface area (Å²) in [6.07, 6.45) is 39.6. The van der Waals surface area contributed by atoms with Crippen LogP contribution in [0.5, 0.6) is 0 Å². The highest BCUT2D eigenvalue weighted by atomic mass is 16.5. The Morgan fingerprint density at radius 3 is 1.30 bits per heavy atom. The molecule has 0 spiro atoms. The summed E-state index contributed by atoms with van der Waals surface area (Å²) < 4.78 is 16.3. The lowest BCUT2D eigenvalue weighted by Crippen LogP contribution is -2.43. The number of esters is 3. The molecule has 0 aromatic heterocycles. The molecule has 57 heavy (non-hydrogen) atoms. The van der Waals surface area contributed by atoms with Crippen LogP contribution in [0.3, 0.4) is 0 Å². The van der Waals surface area contributed by atoms with Gasteiger partial charge in [-0.15, -0.1) is 0 Å². The standard InChI is InChI=1S/C50H86O7/c1-6-9-12-14-16-18-20-22-24-26-28-30-32-34-36-40-39-42(48(52)57-38-11-8-3)45-44(43(40)49(53)55-4)41(46(47(45)51)50(54)56-5)37-35-33-31-29-27-25-23-21-19-17-15-13-10-7-2/h39,42-45H,6-38H2,1-5H3/t42-,43-,44+,45-/m1/s1. The molecule has 0 heterocycles. The minimum atomic E-state index is -0.876. The highest BCUT2D eigenvalue weighted by molar-refractivity contribution is 6.22. The molecule has 0 bridgehead atoms. The Balaban J connectivity index is 2.05. The third-order valence-electron chi connectivity index (χ3n) is 12.7. The Labute approximate surface area is 349 Å². The number of hydrogen-bond donors (Lipinski definition) is 0. The first kappa shape index (κ1) is 50.7. The first-order chi connectivity index (χ1) is 27.9. The van der Waals surface area contributed by atoms with Crippen LogP contribution >= 0.6 is 0 Å². The summed E-state index contributed by atoms with van der Waals surface area (Å²) in [5.74, 6) is -4.98. The smallest absolute Gasteiger partial charge is 0.341 e. The number of carbonyl (C=O) groups is 4. The number of allylic oxidation sites excluding steroid dienone is 1. The third kappa shape index (κ3) is 19.0. The minimum absolute atomic E-state index is 0.0357. The van der Waals surface area contributed by atoms with Crippen molar-refractivity contribution in [1.82, 2.24) is 0 Å². The summed E-state index contributed by atoms with van der Waals surface area (Å²) in [5.41, 5.74) is 1.55. The normalized spacial score (nSPS) is 19.1. The fourth-order valence-electron chi connectivity index (χ4n) is 9.29. The predicted molar refractivity (Wildman–Crippen MR) is 234 cm³/mol. The van der Waals surface area contributed by atoms with Crippen LogP contribution in [-0.4, -0.2) is 44.5 Å². The van der Waals surface area contributed by atoms with Crippen molar-refractivity contribution in [3.05, 3.63) is 22.8 Å². The molecule has 0 saturated carbocycles. The Kier molecular flexibility index (Phi) is 28.8. The van der Waals surface area contributed by atoms with Gasteiger partial charge in [0.15, 0.2) is 5.78 Å². The summed E-state index contributed by atoms with van der Waals surface area (Å²) in [6, 6.07) is 0. The zero-order valence-corrected chi connectivity index (χ0v) is 37.6. The number of hydrogen-bond acceptors (Lipinski definition) is 7. The van der Waals surface area contributed by atoms with Crippen LogP contribution in [-0.2, 0) is 33.4 Å². The lowest BCUT2D eigenvalue weighted by atomic mass is 9.65. The summed E-state index contributed by atoms with van der Waals surface area (Å²) in [6.45, 7) is 6.85. The van der Waals surface area contributed by atoms with Crippen molar-refractivity contribution in [3.8, 4) is 0 Å². The monoisotopic (exact) mass is 799 g/mol. The molecule has 2 rings (SSSR count). The van der Waals surface area contributed by atoms with Crippen molar-refractivity contribution < 1.29 is 33.4 Å². The van der Waals surface area contributed by atoms with Crippen LogP contribution in [0.1, 0.15) is 226 Å². The number of ether oxygens (including phenoxy) is 3. The average Bonchev–Trinajstić information content (AvgIpc) is 3.50. The van der Waals surface area contributed by atoms with E-state index in [1.165, 1.54) is 155 Å². The number of carbonyl (C=O) groups excluding carboxylic acids is 4. The molecular formula is C50H86O7. The largest absolute Gasteiger partial charge is 0.469 e. The second kappa shape index (κ2) is 32.4. The third-order valence-corrected chi connectivity index (χ3v) is 12.7. The molecule has 0 amide bonds. The van der Waals surface area contributed by atoms with Crippen molar-refractivity contribution in [3.63, 3.8) is 0 Å². The van der Waals surface area contributed by atoms with Crippen molar-refractivity contribution >= 4 is 23.7 Å². The zero-order valence-electron chi connectivity index (χ0n) is 37.6. The van der Waals surface area contributed by atoms with Crippen LogP contribution in [0.2, 0.25) is 0 Å². The van der Waals surface area contributed by atoms with Gasteiger partial charge in [0.1, 0.15) is 5.57 Å². The summed E-state index contributed by atoms with van der Waals surface area (Å²) >= 11 is 0. The molecule has 0 radical (unpaired) electrons. The van der Waals surface area contributed by atoms with Gasteiger partial charge in [-0.05, 0) is 37.7 Å². The first-order valence-corrected chi connectivity index (χ1v) is 24.2. The van der Waals surface area contributed by atoms with Gasteiger partial charge in [-0.1, -0.05) is 206 Å². The lowest BCUT2D eigenvalue weighted by molar-refractivity contribution is -0.154. The Morgan fingerprint density at radius 2 is 0.895 bits per heavy atom. The highest BCUT2D eigenvalue weighted by Crippen LogP contribution is 2.52. The molecule has 0 aromatic rings. The predicted octanol–water partition coefficient (Wildman–Crippen LogP) is 13.7. The molecule has 0 N–H and O–H groups in total. The molecule has 0 saturated heterocycles. The van der Waals surface area contributed by atoms with Crippen molar-refractivity contribution in [2.45, 2.75) is 226 Å². The number of methoxy groups -OCH3 is 2. The fraction of sp³-hybridized carbons (Fsp3) is 0.840. The maximum atomic E-state index is 14.3. The lowest BCUT2D eigenvalue weighted by Gasteiger charge is -2.37. The van der Waals surface area contributed by atoms with E-state index in [0.717, 1.165) is 56.9 Å². The van der Waals surface area contributed by atoms with Crippen LogP contribution in [0, 0.1) is 23.7 Å². The average molecular weight is 799 g/mol. The highest BCUT2D eigenvalue weighted by Gasteiger charge is 2.57. The van der Waals surface area contributed by atoms with Crippen molar-refractivity contribution in [2.75, 3.05) is 20.8 Å². The van der Waals surface area contributed by atoms with Gasteiger partial charge in [0.25, 0.3) is 0 Å². The van der Waals surface area contributed by atoms with Gasteiger partial charge in [0.05, 0.1) is 32.7 Å². The number of unbranched alkanes of at least 4 members (excludes halogenated alkanes) is 27. The quantitative estimate of drug-likeness (QED) is 0.0205. The van der Waals surface area contributed by atoms with Crippen LogP contribution < -0.4 is 0 Å². The first-order valence-electron chi connectivity index (χ1n) is 24.2. The minimum Gasteiger partial charge on any atom is -0.469 e. The number of fused-ring (bicyclic) bond motifs is 1. The molecule has 2 aliphatic carbocycles. The number of ketones is 1. The number of rotatable bonds is 36. The van der Waals surface area contributed by atoms with Crippen LogP contribution in [0.4, 0.5) is 0 Å². The Hall–Kier alpha value is -2.44. The molecule has 328 valence electrons. The van der Waals surface area contributed by atoms with E-state index < -0.39 is 47.4 Å². The molecule has 0 aliphatic heterocycles. The molecule has 0 fully saturated rings. The molecular weight excluding hydrogens is 713 g/mol. The Bertz CT molecular complexity index is 1190. The second-order valence-electron chi connectivity index (χ2n) is 17.3. The number of Topliss-reactive ketones (excluding diaryl/α,β-unsaturated/α-hetero) is 1. The summed E-state index contributed by atoms with van der Waals surface area (Å²) in [5, 5.41) is 0. The molecule has 0 aromatic carbocycles. The van der Waals surface area contributed by atoms with E-state index in [9.17, 15) is 19.2 Å². The van der Waals surface area contributed by atoms with Gasteiger partial charge in [-0.2, -0.15) is 0 Å². The van der Waals surface area contributed by atoms with E-state index in [1.807, 2.05) is 13.0 Å². The van der Waals surface area contributed by atoms with E-state index >= 15 is 0 Å². The molecule has 7 nitrogen and oxygen atoms in total. The van der Waals surface area contributed by atoms with Crippen LogP contribution in [0.25, 0.3) is 0 Å². The van der Waals surface area contributed by atoms with E-state index in [0.29, 0.717) is 18.4 Å². The second-order valence-corrected chi connectivity index (χ2v) is 17.3. The van der Waals surface area contributed by atoms with E-state index in [1.54, 1.807) is 0 Å². The van der Waals surface area contributed by atoms with Gasteiger partial charge < -0.3 is 14.2 Å². The van der Waals surface area contributed by atoms with E-state index in [-0.39, 0.29) is 12.2 Å². The van der Waals surface area contributed by atoms with E-state index in [2.05, 4.69) is 13.8 Å². The SMILES string of the molecule is CCCCCCCCCCCCCCCCC1=C[C@@H](C(=O)OCCCC)[C@H]2C(=O)C(C(=O)OC)=C(CCCCCCCCCCCCCCCC)[C@H]2[C@@H]1C(=O)OC. The fourth-order valence-corrected chi connectivity index (χ4v) is 9.29. The van der Waals surface area contributed by atoms with Gasteiger partial charge in [0.2, 0.25) is 0 Å². The summed E-state index contributed by atoms with van der Waals surface area (Å²) in [4.78, 5) is 55.0. The zero-order chi connectivity index (χ0) is 41.5. The maximum absolute atomic E-state index is 14.3. The molecule has 2 aliphatic rings. The maximum Gasteiger partial charge on any atom is 0.341 e. The molecule has 7 heteroatoms.